The summed E-state index contributed by atoms with van der Waals surface area (Å²) in [5, 5.41) is 0. The second-order valence-electron chi connectivity index (χ2n) is 5.52. The molecule has 8 heteroatoms. The lowest BCUT2D eigenvalue weighted by molar-refractivity contribution is 0.0944. The van der Waals surface area contributed by atoms with Crippen molar-refractivity contribution in [2.24, 2.45) is 0 Å². The lowest BCUT2D eigenvalue weighted by atomic mass is 10.1. The van der Waals surface area contributed by atoms with Crippen molar-refractivity contribution >= 4 is 15.9 Å². The number of aryl methyl sites for hydroxylation is 1. The van der Waals surface area contributed by atoms with Crippen LogP contribution in [0.3, 0.4) is 0 Å². The number of amides is 1. The van der Waals surface area contributed by atoms with Crippen LogP contribution in [0.4, 0.5) is 0 Å². The summed E-state index contributed by atoms with van der Waals surface area (Å²) in [6.07, 6.45) is 1.87. The summed E-state index contributed by atoms with van der Waals surface area (Å²) in [5.41, 5.74) is 3.51. The molecule has 0 spiro atoms. The maximum Gasteiger partial charge on any atom is 0.266 e. The second kappa shape index (κ2) is 7.12. The van der Waals surface area contributed by atoms with E-state index in [1.807, 2.05) is 0 Å². The first-order valence-electron chi connectivity index (χ1n) is 7.80. The second-order valence-corrected chi connectivity index (χ2v) is 7.20. The van der Waals surface area contributed by atoms with Gasteiger partial charge in [-0.2, -0.15) is 0 Å². The van der Waals surface area contributed by atoms with Crippen LogP contribution < -0.4 is 19.7 Å². The predicted molar refractivity (Wildman–Crippen MR) is 90.8 cm³/mol. The topological polar surface area (TPSA) is 93.7 Å². The Hall–Kier alpha value is -2.58. The van der Waals surface area contributed by atoms with Crippen LogP contribution in [0.5, 0.6) is 11.5 Å². The van der Waals surface area contributed by atoms with Gasteiger partial charge in [0.25, 0.3) is 15.9 Å². The molecule has 0 aliphatic carbocycles. The lowest BCUT2D eigenvalue weighted by Gasteiger charge is -2.09. The van der Waals surface area contributed by atoms with Crippen molar-refractivity contribution in [1.82, 2.24) is 10.3 Å². The molecule has 0 aromatic heterocycles. The van der Waals surface area contributed by atoms with Gasteiger partial charge in [-0.15, -0.1) is 4.83 Å². The Bertz CT molecular complexity index is 878. The zero-order valence-corrected chi connectivity index (χ0v) is 14.4. The summed E-state index contributed by atoms with van der Waals surface area (Å²) in [6.45, 7) is 2.15. The van der Waals surface area contributed by atoms with E-state index >= 15 is 0 Å². The van der Waals surface area contributed by atoms with Gasteiger partial charge < -0.3 is 9.47 Å². The maximum atomic E-state index is 12.3. The molecule has 0 bridgehead atoms. The lowest BCUT2D eigenvalue weighted by Crippen LogP contribution is -2.41. The minimum atomic E-state index is -3.84. The monoisotopic (exact) mass is 362 g/mol. The van der Waals surface area contributed by atoms with Crippen LogP contribution in [-0.2, 0) is 16.4 Å². The molecule has 2 aromatic carbocycles. The molecule has 0 radical (unpaired) electrons. The molecule has 132 valence electrons. The molecular formula is C17H18N2O5S. The van der Waals surface area contributed by atoms with Gasteiger partial charge in [0.15, 0.2) is 11.5 Å². The summed E-state index contributed by atoms with van der Waals surface area (Å²) < 4.78 is 34.9. The number of nitrogens with one attached hydrogen (secondary N) is 2. The Morgan fingerprint density at radius 3 is 2.52 bits per heavy atom. The number of ether oxygens (including phenoxy) is 2. The van der Waals surface area contributed by atoms with Crippen molar-refractivity contribution in [2.75, 3.05) is 6.79 Å². The molecule has 1 amide bonds. The van der Waals surface area contributed by atoms with Crippen molar-refractivity contribution in [2.45, 2.75) is 24.7 Å². The molecule has 2 N–H and O–H groups in total. The average Bonchev–Trinajstić information content (AvgIpc) is 3.08. The van der Waals surface area contributed by atoms with Gasteiger partial charge >= 0.3 is 0 Å². The van der Waals surface area contributed by atoms with Gasteiger partial charge in [-0.1, -0.05) is 25.5 Å². The highest BCUT2D eigenvalue weighted by Crippen LogP contribution is 2.32. The molecule has 0 saturated heterocycles. The third-order valence-corrected chi connectivity index (χ3v) is 4.97. The SMILES string of the molecule is CCCc1ccc(S(=O)(=O)NNC(=O)c2ccc3c(c2)OCO3)cc1. The van der Waals surface area contributed by atoms with Crippen molar-refractivity contribution in [1.29, 1.82) is 0 Å². The number of benzene rings is 2. The highest BCUT2D eigenvalue weighted by atomic mass is 32.2. The number of hydrazine groups is 1. The largest absolute Gasteiger partial charge is 0.454 e. The van der Waals surface area contributed by atoms with Crippen LogP contribution in [0.15, 0.2) is 47.4 Å². The van der Waals surface area contributed by atoms with Crippen LogP contribution in [0.1, 0.15) is 29.3 Å². The fourth-order valence-electron chi connectivity index (χ4n) is 2.41. The van der Waals surface area contributed by atoms with E-state index in [1.54, 1.807) is 18.2 Å². The normalized spacial score (nSPS) is 12.8. The van der Waals surface area contributed by atoms with Crippen molar-refractivity contribution in [3.63, 3.8) is 0 Å². The Labute approximate surface area is 146 Å². The van der Waals surface area contributed by atoms with Gasteiger partial charge in [0.1, 0.15) is 0 Å². The molecule has 0 atom stereocenters. The number of carbonyl (C=O) groups excluding carboxylic acids is 1. The minimum absolute atomic E-state index is 0.0818. The molecule has 25 heavy (non-hydrogen) atoms. The summed E-state index contributed by atoms with van der Waals surface area (Å²) in [6, 6.07) is 11.2. The zero-order chi connectivity index (χ0) is 17.9. The van der Waals surface area contributed by atoms with Gasteiger partial charge in [-0.25, -0.2) is 8.42 Å². The van der Waals surface area contributed by atoms with E-state index in [0.717, 1.165) is 18.4 Å². The van der Waals surface area contributed by atoms with E-state index in [1.165, 1.54) is 24.3 Å². The minimum Gasteiger partial charge on any atom is -0.454 e. The van der Waals surface area contributed by atoms with Crippen molar-refractivity contribution in [3.8, 4) is 11.5 Å². The molecule has 1 aliphatic rings. The molecule has 2 aromatic rings. The summed E-state index contributed by atoms with van der Waals surface area (Å²) in [7, 11) is -3.84. The summed E-state index contributed by atoms with van der Waals surface area (Å²) in [5.74, 6) is 0.399. The fourth-order valence-corrected chi connectivity index (χ4v) is 3.25. The molecule has 1 aliphatic heterocycles. The Balaban J connectivity index is 1.66. The van der Waals surface area contributed by atoms with Crippen molar-refractivity contribution in [3.05, 3.63) is 53.6 Å². The number of sulfonamides is 1. The standard InChI is InChI=1S/C17H18N2O5S/c1-2-3-12-4-7-14(8-5-12)25(21,22)19-18-17(20)13-6-9-15-16(10-13)24-11-23-15/h4-10,19H,2-3,11H2,1H3,(H,18,20). The maximum absolute atomic E-state index is 12.3. The molecular weight excluding hydrogens is 344 g/mol. The predicted octanol–water partition coefficient (Wildman–Crippen LogP) is 1.99. The van der Waals surface area contributed by atoms with Gasteiger partial charge in [-0.3, -0.25) is 10.2 Å². The third kappa shape index (κ3) is 3.92. The number of fused-ring (bicyclic) bond motifs is 1. The molecule has 0 unspecified atom stereocenters. The molecule has 3 rings (SSSR count). The number of carbonyl (C=O) groups is 1. The Morgan fingerprint density at radius 2 is 1.80 bits per heavy atom. The van der Waals surface area contributed by atoms with Crippen LogP contribution in [0.25, 0.3) is 0 Å². The van der Waals surface area contributed by atoms with Crippen molar-refractivity contribution < 1.29 is 22.7 Å². The molecule has 0 saturated carbocycles. The van der Waals surface area contributed by atoms with Gasteiger partial charge in [0, 0.05) is 5.56 Å². The highest BCUT2D eigenvalue weighted by Gasteiger charge is 2.18. The van der Waals surface area contributed by atoms with Crippen LogP contribution >= 0.6 is 0 Å². The fraction of sp³-hybridized carbons (Fsp3) is 0.235. The average molecular weight is 362 g/mol. The quantitative estimate of drug-likeness (QED) is 0.767. The van der Waals surface area contributed by atoms with E-state index in [4.69, 9.17) is 9.47 Å². The zero-order valence-electron chi connectivity index (χ0n) is 13.6. The van der Waals surface area contributed by atoms with Crippen LogP contribution in [-0.4, -0.2) is 21.1 Å². The van der Waals surface area contributed by atoms with E-state index < -0.39 is 15.9 Å². The Morgan fingerprint density at radius 1 is 1.08 bits per heavy atom. The van der Waals surface area contributed by atoms with E-state index in [2.05, 4.69) is 17.2 Å². The van der Waals surface area contributed by atoms with E-state index in [-0.39, 0.29) is 17.3 Å². The summed E-state index contributed by atoms with van der Waals surface area (Å²) >= 11 is 0. The van der Waals surface area contributed by atoms with Gasteiger partial charge in [0.2, 0.25) is 6.79 Å². The van der Waals surface area contributed by atoms with Gasteiger partial charge in [-0.05, 0) is 42.3 Å². The number of hydrogen-bond acceptors (Lipinski definition) is 5. The third-order valence-electron chi connectivity index (χ3n) is 3.71. The van der Waals surface area contributed by atoms with Gasteiger partial charge in [0.05, 0.1) is 4.90 Å². The first kappa shape index (κ1) is 17.2. The first-order chi connectivity index (χ1) is 12.0. The molecule has 1 heterocycles. The van der Waals surface area contributed by atoms with E-state index in [9.17, 15) is 13.2 Å². The molecule has 7 nitrogen and oxygen atoms in total. The van der Waals surface area contributed by atoms with Crippen LogP contribution in [0.2, 0.25) is 0 Å². The number of rotatable bonds is 6. The molecule has 0 fully saturated rings. The van der Waals surface area contributed by atoms with Crippen LogP contribution in [0, 0.1) is 0 Å². The number of hydrogen-bond donors (Lipinski definition) is 2. The smallest absolute Gasteiger partial charge is 0.266 e. The summed E-state index contributed by atoms with van der Waals surface area (Å²) in [4.78, 5) is 14.3. The van der Waals surface area contributed by atoms with E-state index in [0.29, 0.717) is 11.5 Å². The first-order valence-corrected chi connectivity index (χ1v) is 9.28. The highest BCUT2D eigenvalue weighted by molar-refractivity contribution is 7.89. The Kier molecular flexibility index (Phi) is 4.91.